The van der Waals surface area contributed by atoms with E-state index in [9.17, 15) is 4.79 Å². The van der Waals surface area contributed by atoms with E-state index in [1.165, 1.54) is 11.3 Å². The zero-order chi connectivity index (χ0) is 13.8. The zero-order valence-electron chi connectivity index (χ0n) is 10.6. The van der Waals surface area contributed by atoms with E-state index in [0.717, 1.165) is 28.6 Å². The number of pyridine rings is 1. The van der Waals surface area contributed by atoms with Gasteiger partial charge in [0, 0.05) is 18.0 Å². The monoisotopic (exact) mass is 307 g/mol. The lowest BCUT2D eigenvalue weighted by atomic mass is 10.4. The summed E-state index contributed by atoms with van der Waals surface area (Å²) in [6.45, 7) is 0. The molecule has 104 valence electrons. The van der Waals surface area contributed by atoms with Crippen molar-refractivity contribution in [3.05, 3.63) is 30.1 Å². The summed E-state index contributed by atoms with van der Waals surface area (Å²) >= 11 is 2.93. The summed E-state index contributed by atoms with van der Waals surface area (Å²) in [6, 6.07) is 5.94. The number of carbonyl (C=O) groups excluding carboxylic acids is 1. The molecule has 0 bridgehead atoms. The summed E-state index contributed by atoms with van der Waals surface area (Å²) in [5.41, 5.74) is 0.994. The van der Waals surface area contributed by atoms with Gasteiger partial charge in [-0.15, -0.1) is 10.2 Å². The first kappa shape index (κ1) is 13.3. The van der Waals surface area contributed by atoms with E-state index in [1.807, 2.05) is 18.2 Å². The predicted molar refractivity (Wildman–Crippen MR) is 78.9 cm³/mol. The third-order valence-corrected chi connectivity index (χ3v) is 4.61. The van der Waals surface area contributed by atoms with E-state index in [-0.39, 0.29) is 6.03 Å². The second kappa shape index (κ2) is 6.19. The summed E-state index contributed by atoms with van der Waals surface area (Å²) < 4.78 is 0.817. The van der Waals surface area contributed by atoms with Crippen molar-refractivity contribution in [3.8, 4) is 0 Å². The van der Waals surface area contributed by atoms with Crippen LogP contribution in [-0.2, 0) is 5.75 Å². The van der Waals surface area contributed by atoms with E-state index in [2.05, 4.69) is 25.8 Å². The minimum Gasteiger partial charge on any atom is -0.335 e. The Bertz CT molecular complexity index is 585. The highest BCUT2D eigenvalue weighted by Gasteiger charge is 2.23. The lowest BCUT2D eigenvalue weighted by Gasteiger charge is -2.01. The van der Waals surface area contributed by atoms with Crippen LogP contribution in [0.5, 0.6) is 0 Å². The van der Waals surface area contributed by atoms with E-state index >= 15 is 0 Å². The standard InChI is InChI=1S/C12H13N5OS2/c18-10(14-8-4-5-8)15-11-16-17-12(20-11)19-7-9-3-1-2-6-13-9/h1-3,6,8H,4-5,7H2,(H2,14,15,16,18). The molecular formula is C12H13N5OS2. The summed E-state index contributed by atoms with van der Waals surface area (Å²) in [7, 11) is 0. The molecule has 1 aliphatic rings. The van der Waals surface area contributed by atoms with Crippen molar-refractivity contribution in [2.24, 2.45) is 0 Å². The quantitative estimate of drug-likeness (QED) is 0.655. The normalized spacial score (nSPS) is 14.0. The number of thioether (sulfide) groups is 1. The molecule has 0 aromatic carbocycles. The Morgan fingerprint density at radius 3 is 3.05 bits per heavy atom. The molecule has 2 amide bonds. The largest absolute Gasteiger partial charge is 0.335 e. The number of anilines is 1. The molecule has 0 spiro atoms. The Kier molecular flexibility index (Phi) is 4.12. The molecule has 20 heavy (non-hydrogen) atoms. The van der Waals surface area contributed by atoms with Crippen molar-refractivity contribution >= 4 is 34.3 Å². The average Bonchev–Trinajstić information content (AvgIpc) is 3.15. The minimum absolute atomic E-state index is 0.204. The summed E-state index contributed by atoms with van der Waals surface area (Å²) in [6.07, 6.45) is 3.90. The zero-order valence-corrected chi connectivity index (χ0v) is 12.2. The molecule has 1 fully saturated rings. The van der Waals surface area contributed by atoms with Crippen molar-refractivity contribution in [3.63, 3.8) is 0 Å². The third-order valence-electron chi connectivity index (χ3n) is 2.61. The second-order valence-corrected chi connectivity index (χ2v) is 6.56. The van der Waals surface area contributed by atoms with Crippen LogP contribution in [0.25, 0.3) is 0 Å². The van der Waals surface area contributed by atoms with Gasteiger partial charge in [-0.1, -0.05) is 29.2 Å². The van der Waals surface area contributed by atoms with E-state index in [1.54, 1.807) is 18.0 Å². The molecule has 0 unspecified atom stereocenters. The number of nitrogens with one attached hydrogen (secondary N) is 2. The highest BCUT2D eigenvalue weighted by Crippen LogP contribution is 2.27. The van der Waals surface area contributed by atoms with Gasteiger partial charge in [0.05, 0.1) is 5.69 Å². The second-order valence-electron chi connectivity index (χ2n) is 4.36. The van der Waals surface area contributed by atoms with Gasteiger partial charge in [-0.25, -0.2) is 4.79 Å². The van der Waals surface area contributed by atoms with Gasteiger partial charge < -0.3 is 5.32 Å². The van der Waals surface area contributed by atoms with Crippen LogP contribution < -0.4 is 10.6 Å². The van der Waals surface area contributed by atoms with Crippen LogP contribution in [0.3, 0.4) is 0 Å². The molecule has 0 radical (unpaired) electrons. The molecule has 1 saturated carbocycles. The van der Waals surface area contributed by atoms with Gasteiger partial charge in [-0.3, -0.25) is 10.3 Å². The molecule has 0 aliphatic heterocycles. The van der Waals surface area contributed by atoms with E-state index in [0.29, 0.717) is 11.2 Å². The molecule has 2 heterocycles. The molecular weight excluding hydrogens is 294 g/mol. The predicted octanol–water partition coefficient (Wildman–Crippen LogP) is 2.51. The molecule has 8 heteroatoms. The Hall–Kier alpha value is -1.67. The smallest absolute Gasteiger partial charge is 0.321 e. The lowest BCUT2D eigenvalue weighted by Crippen LogP contribution is -2.30. The van der Waals surface area contributed by atoms with Crippen LogP contribution in [0.2, 0.25) is 0 Å². The van der Waals surface area contributed by atoms with Crippen LogP contribution >= 0.6 is 23.1 Å². The van der Waals surface area contributed by atoms with Gasteiger partial charge in [0.25, 0.3) is 0 Å². The molecule has 2 aromatic rings. The van der Waals surface area contributed by atoms with Crippen molar-refractivity contribution < 1.29 is 4.79 Å². The SMILES string of the molecule is O=C(Nc1nnc(SCc2ccccn2)s1)NC1CC1. The van der Waals surface area contributed by atoms with Crippen LogP contribution in [0.1, 0.15) is 18.5 Å². The van der Waals surface area contributed by atoms with Crippen molar-refractivity contribution in [2.75, 3.05) is 5.32 Å². The van der Waals surface area contributed by atoms with Crippen molar-refractivity contribution in [1.82, 2.24) is 20.5 Å². The minimum atomic E-state index is -0.204. The third kappa shape index (κ3) is 3.91. The number of hydrogen-bond donors (Lipinski definition) is 2. The number of urea groups is 1. The number of carbonyl (C=O) groups is 1. The number of hydrogen-bond acceptors (Lipinski definition) is 6. The maximum atomic E-state index is 11.6. The first-order valence-corrected chi connectivity index (χ1v) is 8.03. The topological polar surface area (TPSA) is 79.8 Å². The fourth-order valence-electron chi connectivity index (χ4n) is 1.48. The number of nitrogens with zero attached hydrogens (tertiary/aromatic N) is 3. The van der Waals surface area contributed by atoms with Crippen LogP contribution in [-0.4, -0.2) is 27.3 Å². The molecule has 2 aromatic heterocycles. The first-order valence-electron chi connectivity index (χ1n) is 6.23. The fraction of sp³-hybridized carbons (Fsp3) is 0.333. The fourth-order valence-corrected chi connectivity index (χ4v) is 3.15. The maximum absolute atomic E-state index is 11.6. The van der Waals surface area contributed by atoms with Gasteiger partial charge >= 0.3 is 6.03 Å². The summed E-state index contributed by atoms with van der Waals surface area (Å²) in [4.78, 5) is 15.8. The Balaban J connectivity index is 1.49. The van der Waals surface area contributed by atoms with Crippen LogP contribution in [0, 0.1) is 0 Å². The van der Waals surface area contributed by atoms with Gasteiger partial charge in [0.2, 0.25) is 5.13 Å². The Morgan fingerprint density at radius 2 is 2.30 bits per heavy atom. The first-order chi connectivity index (χ1) is 9.79. The average molecular weight is 307 g/mol. The van der Waals surface area contributed by atoms with Gasteiger partial charge in [-0.2, -0.15) is 0 Å². The van der Waals surface area contributed by atoms with Crippen LogP contribution in [0.15, 0.2) is 28.7 Å². The summed E-state index contributed by atoms with van der Waals surface area (Å²) in [5, 5.41) is 14.1. The molecule has 6 nitrogen and oxygen atoms in total. The highest BCUT2D eigenvalue weighted by atomic mass is 32.2. The maximum Gasteiger partial charge on any atom is 0.321 e. The highest BCUT2D eigenvalue weighted by molar-refractivity contribution is 8.00. The van der Waals surface area contributed by atoms with Crippen LogP contribution in [0.4, 0.5) is 9.93 Å². The van der Waals surface area contributed by atoms with Crippen molar-refractivity contribution in [1.29, 1.82) is 0 Å². The molecule has 2 N–H and O–H groups in total. The van der Waals surface area contributed by atoms with Gasteiger partial charge in [-0.05, 0) is 25.0 Å². The number of amides is 2. The van der Waals surface area contributed by atoms with E-state index in [4.69, 9.17) is 0 Å². The van der Waals surface area contributed by atoms with Gasteiger partial charge in [0.15, 0.2) is 4.34 Å². The lowest BCUT2D eigenvalue weighted by molar-refractivity contribution is 0.251. The molecule has 0 saturated heterocycles. The summed E-state index contributed by atoms with van der Waals surface area (Å²) in [5.74, 6) is 0.740. The van der Waals surface area contributed by atoms with Crippen molar-refractivity contribution in [2.45, 2.75) is 29.0 Å². The van der Waals surface area contributed by atoms with Gasteiger partial charge in [0.1, 0.15) is 0 Å². The molecule has 3 rings (SSSR count). The Labute approximate surface area is 124 Å². The Morgan fingerprint density at radius 1 is 1.40 bits per heavy atom. The van der Waals surface area contributed by atoms with E-state index < -0.39 is 0 Å². The number of rotatable bonds is 5. The molecule has 1 aliphatic carbocycles. The molecule has 0 atom stereocenters. The number of aromatic nitrogens is 3.